The number of hydrogen-bond acceptors (Lipinski definition) is 7. The van der Waals surface area contributed by atoms with E-state index < -0.39 is 10.7 Å². The predicted molar refractivity (Wildman–Crippen MR) is 140 cm³/mol. The van der Waals surface area contributed by atoms with Crippen LogP contribution in [0.25, 0.3) is 0 Å². The molecular formula is C25H35N3O5S2. The second-order valence-corrected chi connectivity index (χ2v) is 12.4. The minimum Gasteiger partial charge on any atom is -0.493 e. The molecule has 1 aromatic heterocycles. The number of aromatic nitrogens is 1. The van der Waals surface area contributed by atoms with Crippen molar-refractivity contribution in [3.05, 3.63) is 30.0 Å². The number of carboxylic acids is 1. The predicted octanol–water partition coefficient (Wildman–Crippen LogP) is 5.92. The van der Waals surface area contributed by atoms with Crippen molar-refractivity contribution >= 4 is 40.2 Å². The molecule has 1 saturated carbocycles. The van der Waals surface area contributed by atoms with Crippen LogP contribution in [-0.2, 0) is 11.2 Å². The minimum atomic E-state index is -0.977. The van der Waals surface area contributed by atoms with Gasteiger partial charge in [-0.2, -0.15) is 0 Å². The quantitative estimate of drug-likeness (QED) is 0.375. The van der Waals surface area contributed by atoms with E-state index in [4.69, 9.17) is 9.47 Å². The summed E-state index contributed by atoms with van der Waals surface area (Å²) in [6.45, 7) is 6.02. The molecule has 0 saturated heterocycles. The smallest absolute Gasteiger partial charge is 0.324 e. The molecule has 1 aromatic carbocycles. The van der Waals surface area contributed by atoms with Crippen LogP contribution < -0.4 is 14.8 Å². The SMILES string of the molecule is COc1ccc(CCN(C(=O)Nc2ncc(SC(C)(C)C(=O)O)s2)C2(C)CCCCC2)cc1OC. The Bertz CT molecular complexity index is 1030. The zero-order chi connectivity index (χ0) is 25.6. The maximum atomic E-state index is 13.5. The molecule has 35 heavy (non-hydrogen) atoms. The lowest BCUT2D eigenvalue weighted by Crippen LogP contribution is -2.53. The Hall–Kier alpha value is -2.46. The van der Waals surface area contributed by atoms with E-state index in [0.717, 1.165) is 35.5 Å². The number of carbonyl (C=O) groups is 2. The maximum absolute atomic E-state index is 13.5. The van der Waals surface area contributed by atoms with Gasteiger partial charge in [0.2, 0.25) is 0 Å². The first-order valence-electron chi connectivity index (χ1n) is 11.8. The van der Waals surface area contributed by atoms with E-state index in [0.29, 0.717) is 29.6 Å². The molecule has 2 N–H and O–H groups in total. The highest BCUT2D eigenvalue weighted by Crippen LogP contribution is 2.38. The molecular weight excluding hydrogens is 486 g/mol. The van der Waals surface area contributed by atoms with Gasteiger partial charge in [-0.3, -0.25) is 10.1 Å². The van der Waals surface area contributed by atoms with Gasteiger partial charge < -0.3 is 19.5 Å². The molecule has 0 unspecified atom stereocenters. The van der Waals surface area contributed by atoms with Crippen LogP contribution in [0.5, 0.6) is 11.5 Å². The molecule has 1 aliphatic carbocycles. The van der Waals surface area contributed by atoms with Crippen LogP contribution in [0.1, 0.15) is 58.4 Å². The van der Waals surface area contributed by atoms with Gasteiger partial charge in [0.15, 0.2) is 16.6 Å². The summed E-state index contributed by atoms with van der Waals surface area (Å²) < 4.78 is 10.5. The number of carboxylic acid groups (broad SMARTS) is 1. The molecule has 192 valence electrons. The van der Waals surface area contributed by atoms with E-state index >= 15 is 0 Å². The highest BCUT2D eigenvalue weighted by molar-refractivity contribution is 8.03. The molecule has 2 aromatic rings. The number of ether oxygens (including phenoxy) is 2. The second-order valence-electron chi connectivity index (χ2n) is 9.48. The zero-order valence-electron chi connectivity index (χ0n) is 21.1. The van der Waals surface area contributed by atoms with E-state index in [1.165, 1.54) is 29.5 Å². The third-order valence-corrected chi connectivity index (χ3v) is 8.67. The number of nitrogens with one attached hydrogen (secondary N) is 1. The van der Waals surface area contributed by atoms with Crippen molar-refractivity contribution in [1.82, 2.24) is 9.88 Å². The van der Waals surface area contributed by atoms with Gasteiger partial charge in [-0.05, 0) is 57.7 Å². The first-order valence-corrected chi connectivity index (χ1v) is 13.4. The lowest BCUT2D eigenvalue weighted by atomic mass is 9.82. The fraction of sp³-hybridized carbons (Fsp3) is 0.560. The van der Waals surface area contributed by atoms with Crippen LogP contribution in [0.2, 0.25) is 0 Å². The monoisotopic (exact) mass is 521 g/mol. The largest absolute Gasteiger partial charge is 0.493 e. The third kappa shape index (κ3) is 6.82. The Labute approximate surface area is 215 Å². The van der Waals surface area contributed by atoms with E-state index in [2.05, 4.69) is 17.2 Å². The number of urea groups is 1. The van der Waals surface area contributed by atoms with Gasteiger partial charge in [-0.15, -0.1) is 0 Å². The Morgan fingerprint density at radius 2 is 1.89 bits per heavy atom. The van der Waals surface area contributed by atoms with Gasteiger partial charge in [0.05, 0.1) is 24.6 Å². The molecule has 1 heterocycles. The first kappa shape index (κ1) is 27.1. The van der Waals surface area contributed by atoms with E-state index in [9.17, 15) is 14.7 Å². The van der Waals surface area contributed by atoms with Crippen molar-refractivity contribution < 1.29 is 24.2 Å². The Kier molecular flexibility index (Phi) is 8.93. The summed E-state index contributed by atoms with van der Waals surface area (Å²) in [4.78, 5) is 31.2. The van der Waals surface area contributed by atoms with E-state index in [1.807, 2.05) is 23.1 Å². The maximum Gasteiger partial charge on any atom is 0.324 e. The molecule has 1 fully saturated rings. The van der Waals surface area contributed by atoms with Gasteiger partial charge in [0.1, 0.15) is 4.75 Å². The van der Waals surface area contributed by atoms with Gasteiger partial charge in [-0.25, -0.2) is 9.78 Å². The fourth-order valence-electron chi connectivity index (χ4n) is 4.30. The number of carbonyl (C=O) groups excluding carboxylic acids is 1. The average Bonchev–Trinajstić information content (AvgIpc) is 3.24. The number of amides is 2. The summed E-state index contributed by atoms with van der Waals surface area (Å²) in [5, 5.41) is 12.8. The molecule has 1 aliphatic rings. The van der Waals surface area contributed by atoms with Crippen molar-refractivity contribution in [2.45, 2.75) is 73.8 Å². The number of methoxy groups -OCH3 is 2. The average molecular weight is 522 g/mol. The van der Waals surface area contributed by atoms with Crippen LogP contribution in [0, 0.1) is 0 Å². The molecule has 3 rings (SSSR count). The lowest BCUT2D eigenvalue weighted by molar-refractivity contribution is -0.138. The highest BCUT2D eigenvalue weighted by atomic mass is 32.2. The summed E-state index contributed by atoms with van der Waals surface area (Å²) >= 11 is 2.51. The normalized spacial score (nSPS) is 15.3. The Morgan fingerprint density at radius 3 is 2.51 bits per heavy atom. The molecule has 0 bridgehead atoms. The van der Waals surface area contributed by atoms with Crippen LogP contribution in [0.4, 0.5) is 9.93 Å². The van der Waals surface area contributed by atoms with Crippen LogP contribution >= 0.6 is 23.1 Å². The number of benzene rings is 1. The number of aliphatic carboxylic acids is 1. The van der Waals surface area contributed by atoms with Crippen LogP contribution in [0.3, 0.4) is 0 Å². The van der Waals surface area contributed by atoms with Crippen LogP contribution in [-0.4, -0.2) is 58.0 Å². The van der Waals surface area contributed by atoms with Crippen molar-refractivity contribution in [1.29, 1.82) is 0 Å². The molecule has 0 spiro atoms. The third-order valence-electron chi connectivity index (χ3n) is 6.47. The standard InChI is InChI=1S/C25H35N3O5S2/c1-24(2,21(29)30)35-20-16-26-22(34-20)27-23(31)28(25(3)12-7-6-8-13-25)14-11-17-9-10-18(32-4)19(15-17)33-5/h9-10,15-16H,6-8,11-14H2,1-5H3,(H,29,30)(H,26,27,31). The number of thioether (sulfide) groups is 1. The minimum absolute atomic E-state index is 0.182. The second kappa shape index (κ2) is 11.5. The molecule has 10 heteroatoms. The molecule has 0 aliphatic heterocycles. The van der Waals surface area contributed by atoms with Crippen molar-refractivity contribution in [2.24, 2.45) is 0 Å². The molecule has 0 radical (unpaired) electrons. The topological polar surface area (TPSA) is 101 Å². The number of hydrogen-bond donors (Lipinski definition) is 2. The van der Waals surface area contributed by atoms with Crippen molar-refractivity contribution in [2.75, 3.05) is 26.1 Å². The first-order chi connectivity index (χ1) is 16.6. The Morgan fingerprint density at radius 1 is 1.20 bits per heavy atom. The summed E-state index contributed by atoms with van der Waals surface area (Å²) in [6, 6.07) is 5.65. The van der Waals surface area contributed by atoms with Gasteiger partial charge in [-0.1, -0.05) is 48.4 Å². The summed E-state index contributed by atoms with van der Waals surface area (Å²) in [5.41, 5.74) is 0.822. The number of nitrogens with zero attached hydrogens (tertiary/aromatic N) is 2. The highest BCUT2D eigenvalue weighted by Gasteiger charge is 2.37. The van der Waals surface area contributed by atoms with Crippen LogP contribution in [0.15, 0.2) is 28.6 Å². The number of rotatable bonds is 10. The van der Waals surface area contributed by atoms with Crippen molar-refractivity contribution in [3.8, 4) is 11.5 Å². The number of anilines is 1. The van der Waals surface area contributed by atoms with Crippen molar-refractivity contribution in [3.63, 3.8) is 0 Å². The summed E-state index contributed by atoms with van der Waals surface area (Å²) in [6.07, 6.45) is 7.59. The number of thiazole rings is 1. The van der Waals surface area contributed by atoms with Gasteiger partial charge in [0, 0.05) is 12.1 Å². The van der Waals surface area contributed by atoms with Gasteiger partial charge in [0.25, 0.3) is 0 Å². The fourth-order valence-corrected chi connectivity index (χ4v) is 6.56. The lowest BCUT2D eigenvalue weighted by Gasteiger charge is -2.44. The molecule has 0 atom stereocenters. The Balaban J connectivity index is 1.75. The molecule has 8 nitrogen and oxygen atoms in total. The van der Waals surface area contributed by atoms with E-state index in [-0.39, 0.29) is 11.6 Å². The summed E-state index contributed by atoms with van der Waals surface area (Å²) in [5.74, 6) is 0.448. The summed E-state index contributed by atoms with van der Waals surface area (Å²) in [7, 11) is 3.22. The zero-order valence-corrected chi connectivity index (χ0v) is 22.7. The molecule has 2 amide bonds. The van der Waals surface area contributed by atoms with Gasteiger partial charge >= 0.3 is 12.0 Å². The van der Waals surface area contributed by atoms with E-state index in [1.54, 1.807) is 34.3 Å².